The molecule has 1 aliphatic rings. The van der Waals surface area contributed by atoms with E-state index in [4.69, 9.17) is 5.84 Å². The van der Waals surface area contributed by atoms with E-state index in [-0.39, 0.29) is 11.8 Å². The number of piperidine rings is 1. The number of nitrogen functional groups attached to an aromatic ring is 1. The summed E-state index contributed by atoms with van der Waals surface area (Å²) < 4.78 is 0. The molecule has 0 saturated carbocycles. The highest BCUT2D eigenvalue weighted by Crippen LogP contribution is 2.18. The van der Waals surface area contributed by atoms with Gasteiger partial charge in [-0.25, -0.2) is 10.8 Å². The third kappa shape index (κ3) is 2.71. The molecule has 1 aromatic heterocycles. The summed E-state index contributed by atoms with van der Waals surface area (Å²) in [5.41, 5.74) is 3.20. The fourth-order valence-corrected chi connectivity index (χ4v) is 2.00. The van der Waals surface area contributed by atoms with Crippen molar-refractivity contribution in [3.63, 3.8) is 0 Å². The van der Waals surface area contributed by atoms with E-state index in [1.54, 1.807) is 12.4 Å². The maximum absolute atomic E-state index is 11.9. The van der Waals surface area contributed by atoms with Crippen LogP contribution in [0.1, 0.15) is 25.5 Å². The number of hydrogen-bond donors (Lipinski definition) is 2. The van der Waals surface area contributed by atoms with Crippen LogP contribution in [0, 0.1) is 5.92 Å². The van der Waals surface area contributed by atoms with Crippen LogP contribution in [-0.4, -0.2) is 27.3 Å². The summed E-state index contributed by atoms with van der Waals surface area (Å²) in [4.78, 5) is 22.0. The molecule has 0 aromatic carbocycles. The summed E-state index contributed by atoms with van der Waals surface area (Å²) in [7, 11) is 0. The second kappa shape index (κ2) is 5.09. The van der Waals surface area contributed by atoms with E-state index < -0.39 is 0 Å². The number of hydrazine groups is 1. The van der Waals surface area contributed by atoms with E-state index in [0.717, 1.165) is 25.1 Å². The molecule has 92 valence electrons. The van der Waals surface area contributed by atoms with Gasteiger partial charge in [0.1, 0.15) is 0 Å². The van der Waals surface area contributed by atoms with E-state index >= 15 is 0 Å². The Hall–Kier alpha value is -1.69. The first-order valence-corrected chi connectivity index (χ1v) is 5.77. The van der Waals surface area contributed by atoms with Crippen molar-refractivity contribution in [1.82, 2.24) is 14.9 Å². The summed E-state index contributed by atoms with van der Waals surface area (Å²) in [6.07, 6.45) is 5.24. The molecule has 6 heteroatoms. The van der Waals surface area contributed by atoms with Gasteiger partial charge < -0.3 is 10.3 Å². The number of nitrogens with zero attached hydrogens (tertiary/aromatic N) is 3. The normalized spacial score (nSPS) is 20.5. The van der Waals surface area contributed by atoms with Crippen molar-refractivity contribution >= 4 is 11.7 Å². The zero-order valence-corrected chi connectivity index (χ0v) is 9.89. The van der Waals surface area contributed by atoms with Gasteiger partial charge in [0.15, 0.2) is 5.82 Å². The van der Waals surface area contributed by atoms with Crippen molar-refractivity contribution in [3.8, 4) is 0 Å². The molecular formula is C11H17N5O. The number of anilines is 1. The number of nitrogens with one attached hydrogen (secondary N) is 1. The topological polar surface area (TPSA) is 84.1 Å². The SMILES string of the molecule is CC1CCCN(Cc2cnc(NN)cn2)C1=O. The first-order valence-electron chi connectivity index (χ1n) is 5.77. The zero-order chi connectivity index (χ0) is 12.3. The number of aromatic nitrogens is 2. The fourth-order valence-electron chi connectivity index (χ4n) is 2.00. The Labute approximate surface area is 100 Å². The van der Waals surface area contributed by atoms with Crippen LogP contribution in [0.5, 0.6) is 0 Å². The fraction of sp³-hybridized carbons (Fsp3) is 0.545. The molecule has 1 aliphatic heterocycles. The van der Waals surface area contributed by atoms with Gasteiger partial charge in [0.05, 0.1) is 24.6 Å². The summed E-state index contributed by atoms with van der Waals surface area (Å²) >= 11 is 0. The maximum atomic E-state index is 11.9. The molecule has 1 amide bonds. The van der Waals surface area contributed by atoms with Crippen molar-refractivity contribution in [2.45, 2.75) is 26.3 Å². The lowest BCUT2D eigenvalue weighted by Gasteiger charge is -2.30. The number of likely N-dealkylation sites (tertiary alicyclic amines) is 1. The highest BCUT2D eigenvalue weighted by Gasteiger charge is 2.25. The predicted octanol–water partition coefficient (Wildman–Crippen LogP) is 0.521. The van der Waals surface area contributed by atoms with E-state index in [9.17, 15) is 4.79 Å². The van der Waals surface area contributed by atoms with Gasteiger partial charge >= 0.3 is 0 Å². The highest BCUT2D eigenvalue weighted by atomic mass is 16.2. The number of carbonyl (C=O) groups excluding carboxylic acids is 1. The van der Waals surface area contributed by atoms with Crippen LogP contribution in [-0.2, 0) is 11.3 Å². The smallest absolute Gasteiger partial charge is 0.225 e. The predicted molar refractivity (Wildman–Crippen MR) is 63.7 cm³/mol. The minimum Gasteiger partial charge on any atom is -0.337 e. The number of carbonyl (C=O) groups is 1. The Morgan fingerprint density at radius 2 is 2.35 bits per heavy atom. The lowest BCUT2D eigenvalue weighted by molar-refractivity contribution is -0.138. The summed E-state index contributed by atoms with van der Waals surface area (Å²) in [6.45, 7) is 3.31. The largest absolute Gasteiger partial charge is 0.337 e. The van der Waals surface area contributed by atoms with Gasteiger partial charge in [-0.3, -0.25) is 9.78 Å². The van der Waals surface area contributed by atoms with Crippen molar-refractivity contribution < 1.29 is 4.79 Å². The van der Waals surface area contributed by atoms with Gasteiger partial charge in [-0.1, -0.05) is 6.92 Å². The monoisotopic (exact) mass is 235 g/mol. The molecule has 1 aromatic rings. The lowest BCUT2D eigenvalue weighted by Crippen LogP contribution is -2.39. The molecule has 0 aliphatic carbocycles. The van der Waals surface area contributed by atoms with Crippen molar-refractivity contribution in [3.05, 3.63) is 18.1 Å². The Bertz CT molecular complexity index is 391. The molecule has 1 unspecified atom stereocenters. The molecule has 2 rings (SSSR count). The molecule has 1 fully saturated rings. The molecule has 2 heterocycles. The zero-order valence-electron chi connectivity index (χ0n) is 9.89. The molecule has 3 N–H and O–H groups in total. The van der Waals surface area contributed by atoms with Gasteiger partial charge in [-0.05, 0) is 12.8 Å². The number of rotatable bonds is 3. The Balaban J connectivity index is 2.01. The van der Waals surface area contributed by atoms with Gasteiger partial charge in [0.2, 0.25) is 5.91 Å². The first-order chi connectivity index (χ1) is 8.20. The van der Waals surface area contributed by atoms with E-state index in [1.807, 2.05) is 11.8 Å². The maximum Gasteiger partial charge on any atom is 0.225 e. The minimum atomic E-state index is 0.127. The van der Waals surface area contributed by atoms with Crippen LogP contribution in [0.4, 0.5) is 5.82 Å². The molecule has 0 radical (unpaired) electrons. The summed E-state index contributed by atoms with van der Waals surface area (Å²) in [6, 6.07) is 0. The second-order valence-electron chi connectivity index (χ2n) is 4.34. The van der Waals surface area contributed by atoms with Crippen LogP contribution < -0.4 is 11.3 Å². The second-order valence-corrected chi connectivity index (χ2v) is 4.34. The van der Waals surface area contributed by atoms with E-state index in [2.05, 4.69) is 15.4 Å². The summed E-state index contributed by atoms with van der Waals surface area (Å²) in [5, 5.41) is 0. The van der Waals surface area contributed by atoms with Gasteiger partial charge in [0, 0.05) is 12.5 Å². The van der Waals surface area contributed by atoms with Gasteiger partial charge in [-0.2, -0.15) is 0 Å². The van der Waals surface area contributed by atoms with Crippen molar-refractivity contribution in [2.75, 3.05) is 12.0 Å². The van der Waals surface area contributed by atoms with E-state index in [1.165, 1.54) is 0 Å². The molecule has 1 atom stereocenters. The van der Waals surface area contributed by atoms with Gasteiger partial charge in [0.25, 0.3) is 0 Å². The van der Waals surface area contributed by atoms with Crippen LogP contribution in [0.15, 0.2) is 12.4 Å². The third-order valence-electron chi connectivity index (χ3n) is 3.00. The molecule has 0 bridgehead atoms. The first kappa shape index (κ1) is 11.8. The highest BCUT2D eigenvalue weighted by molar-refractivity contribution is 5.79. The number of amides is 1. The number of nitrogens with two attached hydrogens (primary N) is 1. The molecular weight excluding hydrogens is 218 g/mol. The molecule has 0 spiro atoms. The van der Waals surface area contributed by atoms with Gasteiger partial charge in [-0.15, -0.1) is 0 Å². The van der Waals surface area contributed by atoms with Crippen molar-refractivity contribution in [2.24, 2.45) is 11.8 Å². The Morgan fingerprint density at radius 1 is 1.53 bits per heavy atom. The van der Waals surface area contributed by atoms with Crippen LogP contribution in [0.3, 0.4) is 0 Å². The average Bonchev–Trinajstić information content (AvgIpc) is 2.36. The van der Waals surface area contributed by atoms with E-state index in [0.29, 0.717) is 12.4 Å². The Morgan fingerprint density at radius 3 is 3.00 bits per heavy atom. The van der Waals surface area contributed by atoms with Crippen molar-refractivity contribution in [1.29, 1.82) is 0 Å². The lowest BCUT2D eigenvalue weighted by atomic mass is 9.99. The third-order valence-corrected chi connectivity index (χ3v) is 3.00. The summed E-state index contributed by atoms with van der Waals surface area (Å²) in [5.74, 6) is 6.06. The Kier molecular flexibility index (Phi) is 3.53. The van der Waals surface area contributed by atoms with Crippen LogP contribution in [0.25, 0.3) is 0 Å². The van der Waals surface area contributed by atoms with Crippen LogP contribution in [0.2, 0.25) is 0 Å². The average molecular weight is 235 g/mol. The molecule has 17 heavy (non-hydrogen) atoms. The standard InChI is InChI=1S/C11H17N5O/c1-8-3-2-4-16(11(8)17)7-9-5-14-10(15-12)6-13-9/h5-6,8H,2-4,7,12H2,1H3,(H,14,15). The molecule has 1 saturated heterocycles. The number of hydrogen-bond acceptors (Lipinski definition) is 5. The van der Waals surface area contributed by atoms with Crippen LogP contribution >= 0.6 is 0 Å². The quantitative estimate of drug-likeness (QED) is 0.589. The minimum absolute atomic E-state index is 0.127. The molecule has 6 nitrogen and oxygen atoms in total.